The van der Waals surface area contributed by atoms with Crippen molar-refractivity contribution in [3.8, 4) is 0 Å². The van der Waals surface area contributed by atoms with E-state index in [9.17, 15) is 19.2 Å². The molecule has 3 aliphatic carbocycles. The maximum atomic E-state index is 12.7. The molecule has 5 rings (SSSR count). The Balaban J connectivity index is 1.76. The van der Waals surface area contributed by atoms with Gasteiger partial charge in [0.2, 0.25) is 23.6 Å². The van der Waals surface area contributed by atoms with Crippen LogP contribution in [0.4, 0.5) is 0 Å². The van der Waals surface area contributed by atoms with E-state index in [1.165, 1.54) is 22.0 Å². The van der Waals surface area contributed by atoms with Gasteiger partial charge in [-0.25, -0.2) is 0 Å². The molecule has 2 bridgehead atoms. The lowest BCUT2D eigenvalue weighted by Gasteiger charge is -2.44. The van der Waals surface area contributed by atoms with E-state index in [0.717, 1.165) is 0 Å². The molecule has 0 aromatic heterocycles. The van der Waals surface area contributed by atoms with Crippen LogP contribution in [0.3, 0.4) is 0 Å². The Morgan fingerprint density at radius 1 is 0.708 bits per heavy atom. The third kappa shape index (κ3) is 1.60. The van der Waals surface area contributed by atoms with E-state index in [1.807, 2.05) is 12.2 Å². The summed E-state index contributed by atoms with van der Waals surface area (Å²) < 4.78 is 0. The van der Waals surface area contributed by atoms with Gasteiger partial charge in [0.25, 0.3) is 0 Å². The number of imide groups is 2. The van der Waals surface area contributed by atoms with Gasteiger partial charge in [-0.15, -0.1) is 13.2 Å². The number of amides is 4. The summed E-state index contributed by atoms with van der Waals surface area (Å²) in [7, 11) is 0. The van der Waals surface area contributed by atoms with Crippen LogP contribution >= 0.6 is 0 Å². The first-order valence-electron chi connectivity index (χ1n) is 8.13. The molecule has 0 spiro atoms. The summed E-state index contributed by atoms with van der Waals surface area (Å²) in [5.41, 5.74) is 0. The van der Waals surface area contributed by atoms with E-state index in [1.54, 1.807) is 0 Å². The van der Waals surface area contributed by atoms with Gasteiger partial charge in [-0.2, -0.15) is 0 Å². The Morgan fingerprint density at radius 2 is 1.00 bits per heavy atom. The number of rotatable bonds is 4. The monoisotopic (exact) mass is 326 g/mol. The van der Waals surface area contributed by atoms with Crippen LogP contribution in [0.15, 0.2) is 37.5 Å². The van der Waals surface area contributed by atoms with Crippen molar-refractivity contribution in [3.63, 3.8) is 0 Å². The summed E-state index contributed by atoms with van der Waals surface area (Å²) in [6.45, 7) is 7.52. The topological polar surface area (TPSA) is 74.8 Å². The van der Waals surface area contributed by atoms with Crippen molar-refractivity contribution in [2.75, 3.05) is 13.1 Å². The number of carbonyl (C=O) groups is 4. The van der Waals surface area contributed by atoms with Crippen molar-refractivity contribution in [2.24, 2.45) is 35.5 Å². The van der Waals surface area contributed by atoms with E-state index in [-0.39, 0.29) is 48.6 Å². The Bertz CT molecular complexity index is 621. The normalized spacial score (nSPS) is 39.5. The Hall–Kier alpha value is -2.50. The minimum absolute atomic E-state index is 0.171. The molecule has 124 valence electrons. The van der Waals surface area contributed by atoms with Crippen LogP contribution in [0.1, 0.15) is 0 Å². The molecule has 5 aliphatic rings. The number of likely N-dealkylation sites (tertiary alicyclic amines) is 2. The Morgan fingerprint density at radius 3 is 1.25 bits per heavy atom. The quantitative estimate of drug-likeness (QED) is 0.553. The van der Waals surface area contributed by atoms with E-state index in [2.05, 4.69) is 13.2 Å². The second kappa shape index (κ2) is 5.00. The van der Waals surface area contributed by atoms with Gasteiger partial charge in [-0.05, 0) is 0 Å². The van der Waals surface area contributed by atoms with Crippen LogP contribution < -0.4 is 0 Å². The smallest absolute Gasteiger partial charge is 0.234 e. The van der Waals surface area contributed by atoms with E-state index < -0.39 is 23.7 Å². The summed E-state index contributed by atoms with van der Waals surface area (Å²) >= 11 is 0. The molecular formula is C18H18N2O4. The molecule has 2 saturated heterocycles. The van der Waals surface area contributed by atoms with E-state index in [0.29, 0.717) is 0 Å². The predicted molar refractivity (Wildman–Crippen MR) is 83.9 cm³/mol. The van der Waals surface area contributed by atoms with E-state index in [4.69, 9.17) is 0 Å². The van der Waals surface area contributed by atoms with Gasteiger partial charge in [-0.3, -0.25) is 29.0 Å². The first-order valence-corrected chi connectivity index (χ1v) is 8.13. The second-order valence-electron chi connectivity index (χ2n) is 6.79. The van der Waals surface area contributed by atoms with Crippen LogP contribution in [0.5, 0.6) is 0 Å². The van der Waals surface area contributed by atoms with Crippen molar-refractivity contribution in [1.82, 2.24) is 9.80 Å². The summed E-state index contributed by atoms with van der Waals surface area (Å²) in [6, 6.07) is 0. The highest BCUT2D eigenvalue weighted by atomic mass is 16.2. The van der Waals surface area contributed by atoms with Gasteiger partial charge >= 0.3 is 0 Å². The number of allylic oxidation sites excluding steroid dienone is 2. The van der Waals surface area contributed by atoms with Crippen molar-refractivity contribution < 1.29 is 19.2 Å². The molecule has 0 aromatic rings. The lowest BCUT2D eigenvalue weighted by atomic mass is 9.54. The number of hydrogen-bond acceptors (Lipinski definition) is 4. The predicted octanol–water partition coefficient (Wildman–Crippen LogP) is 0.377. The fourth-order valence-electron chi connectivity index (χ4n) is 4.97. The molecule has 2 aliphatic heterocycles. The van der Waals surface area contributed by atoms with Crippen LogP contribution in [0.25, 0.3) is 0 Å². The third-order valence-corrected chi connectivity index (χ3v) is 5.82. The maximum absolute atomic E-state index is 12.7. The number of hydrogen-bond donors (Lipinski definition) is 0. The highest BCUT2D eigenvalue weighted by molar-refractivity contribution is 6.11. The first-order chi connectivity index (χ1) is 11.5. The minimum atomic E-state index is -0.533. The van der Waals surface area contributed by atoms with Gasteiger partial charge in [0.1, 0.15) is 0 Å². The summed E-state index contributed by atoms with van der Waals surface area (Å²) in [5, 5.41) is 0. The lowest BCUT2D eigenvalue weighted by molar-refractivity contribution is -0.139. The maximum Gasteiger partial charge on any atom is 0.234 e. The molecule has 6 heteroatoms. The zero-order chi connectivity index (χ0) is 17.2. The molecule has 4 amide bonds. The molecule has 1 saturated carbocycles. The molecule has 24 heavy (non-hydrogen) atoms. The fraction of sp³-hybridized carbons (Fsp3) is 0.444. The van der Waals surface area contributed by atoms with Crippen LogP contribution in [0.2, 0.25) is 0 Å². The zero-order valence-corrected chi connectivity index (χ0v) is 13.1. The van der Waals surface area contributed by atoms with Gasteiger partial charge in [0.15, 0.2) is 0 Å². The molecule has 0 aromatic carbocycles. The average Bonchev–Trinajstić information content (AvgIpc) is 2.99. The molecule has 0 radical (unpaired) electrons. The standard InChI is InChI=1S/C18H18N2O4/c1-3-7-19-15(21)11-9-5-6-10(12(11)16(19)22)14-13(9)17(23)20(8-4-2)18(14)24/h3-6,9-14H,1-2,7-8H2/t9?,10?,11-,12-,13-,14-/m1/s1. The van der Waals surface area contributed by atoms with Crippen molar-refractivity contribution in [2.45, 2.75) is 0 Å². The molecular weight excluding hydrogens is 308 g/mol. The van der Waals surface area contributed by atoms with Crippen molar-refractivity contribution in [1.29, 1.82) is 0 Å². The highest BCUT2D eigenvalue weighted by Gasteiger charge is 2.68. The molecule has 0 unspecified atom stereocenters. The van der Waals surface area contributed by atoms with Gasteiger partial charge < -0.3 is 0 Å². The summed E-state index contributed by atoms with van der Waals surface area (Å²) in [5.74, 6) is -3.89. The fourth-order valence-corrected chi connectivity index (χ4v) is 4.97. The van der Waals surface area contributed by atoms with Crippen LogP contribution in [0, 0.1) is 35.5 Å². The van der Waals surface area contributed by atoms with Gasteiger partial charge in [0, 0.05) is 24.9 Å². The average molecular weight is 326 g/mol. The van der Waals surface area contributed by atoms with Crippen LogP contribution in [-0.4, -0.2) is 46.5 Å². The van der Waals surface area contributed by atoms with Gasteiger partial charge in [0.05, 0.1) is 23.7 Å². The van der Waals surface area contributed by atoms with Gasteiger partial charge in [-0.1, -0.05) is 24.3 Å². The van der Waals surface area contributed by atoms with Crippen molar-refractivity contribution in [3.05, 3.63) is 37.5 Å². The SMILES string of the molecule is C=CCN1C(=O)[C@@H]2C3C=CC([C@H]2C1=O)[C@H]1C(=O)N(CC=C)C(=O)[C@H]31. The summed E-state index contributed by atoms with van der Waals surface area (Å²) in [6.07, 6.45) is 6.76. The summed E-state index contributed by atoms with van der Waals surface area (Å²) in [4.78, 5) is 53.3. The van der Waals surface area contributed by atoms with Crippen molar-refractivity contribution >= 4 is 23.6 Å². The molecule has 6 nitrogen and oxygen atoms in total. The zero-order valence-electron chi connectivity index (χ0n) is 13.1. The molecule has 0 N–H and O–H groups in total. The largest absolute Gasteiger partial charge is 0.278 e. The first kappa shape index (κ1) is 15.1. The Labute approximate surface area is 139 Å². The number of carbonyl (C=O) groups excluding carboxylic acids is 4. The molecule has 4 atom stereocenters. The van der Waals surface area contributed by atoms with Crippen LogP contribution in [-0.2, 0) is 19.2 Å². The lowest BCUT2D eigenvalue weighted by Crippen LogP contribution is -2.50. The highest BCUT2D eigenvalue weighted by Crippen LogP contribution is 2.57. The second-order valence-corrected chi connectivity index (χ2v) is 6.79. The molecule has 2 heterocycles. The number of nitrogens with zero attached hydrogens (tertiary/aromatic N) is 2. The molecule has 3 fully saturated rings. The third-order valence-electron chi connectivity index (χ3n) is 5.82. The Kier molecular flexibility index (Phi) is 3.13. The van der Waals surface area contributed by atoms with E-state index >= 15 is 0 Å². The minimum Gasteiger partial charge on any atom is -0.278 e.